The molecular formula is C15H26ClN3O3S2. The van der Waals surface area contributed by atoms with E-state index in [4.69, 9.17) is 0 Å². The molecule has 6 nitrogen and oxygen atoms in total. The Bertz CT molecular complexity index is 648. The number of halogens is 1. The van der Waals surface area contributed by atoms with E-state index in [1.54, 1.807) is 6.07 Å². The Kier molecular flexibility index (Phi) is 8.14. The van der Waals surface area contributed by atoms with Gasteiger partial charge in [-0.15, -0.1) is 23.7 Å². The van der Waals surface area contributed by atoms with Gasteiger partial charge >= 0.3 is 0 Å². The Balaban J connectivity index is 0.00000288. The van der Waals surface area contributed by atoms with E-state index in [0.717, 1.165) is 11.3 Å². The van der Waals surface area contributed by atoms with Crippen molar-refractivity contribution >= 4 is 39.7 Å². The molecule has 2 atom stereocenters. The first-order chi connectivity index (χ1) is 10.8. The minimum absolute atomic E-state index is 0. The van der Waals surface area contributed by atoms with Gasteiger partial charge in [0, 0.05) is 30.6 Å². The number of aryl methyl sites for hydroxylation is 1. The van der Waals surface area contributed by atoms with E-state index in [1.807, 2.05) is 27.0 Å². The van der Waals surface area contributed by atoms with Crippen molar-refractivity contribution in [1.29, 1.82) is 0 Å². The van der Waals surface area contributed by atoms with E-state index in [0.29, 0.717) is 23.7 Å². The number of likely N-dealkylation sites (N-methyl/N-ethyl adjacent to an activating group) is 1. The molecule has 0 bridgehead atoms. The summed E-state index contributed by atoms with van der Waals surface area (Å²) in [5.41, 5.74) is 0. The maximum Gasteiger partial charge on any atom is 0.252 e. The van der Waals surface area contributed by atoms with Crippen LogP contribution >= 0.6 is 23.7 Å². The van der Waals surface area contributed by atoms with Gasteiger partial charge in [-0.25, -0.2) is 8.42 Å². The first-order valence-corrected chi connectivity index (χ1v) is 10.1. The monoisotopic (exact) mass is 395 g/mol. The predicted octanol–water partition coefficient (Wildman–Crippen LogP) is 1.60. The second-order valence-corrected chi connectivity index (χ2v) is 9.45. The zero-order valence-corrected chi connectivity index (χ0v) is 16.7. The zero-order valence-electron chi connectivity index (χ0n) is 14.2. The molecule has 24 heavy (non-hydrogen) atoms. The molecule has 2 rings (SSSR count). The van der Waals surface area contributed by atoms with Crippen LogP contribution in [0.3, 0.4) is 0 Å². The third-order valence-corrected chi connectivity index (χ3v) is 7.47. The van der Waals surface area contributed by atoms with Gasteiger partial charge in [-0.2, -0.15) is 4.31 Å². The number of hydrogen-bond donors (Lipinski definition) is 2. The number of amides is 1. The summed E-state index contributed by atoms with van der Waals surface area (Å²) in [4.78, 5) is 13.2. The second-order valence-electron chi connectivity index (χ2n) is 6.00. The number of hydrogen-bond acceptors (Lipinski definition) is 5. The molecule has 2 heterocycles. The first kappa shape index (κ1) is 21.4. The van der Waals surface area contributed by atoms with Crippen molar-refractivity contribution in [2.24, 2.45) is 5.92 Å². The van der Waals surface area contributed by atoms with Crippen molar-refractivity contribution in [3.8, 4) is 0 Å². The summed E-state index contributed by atoms with van der Waals surface area (Å²) in [6, 6.07) is 3.65. The Labute approximate surface area is 154 Å². The molecule has 2 unspecified atom stereocenters. The molecule has 1 aliphatic rings. The number of thiophene rings is 1. The van der Waals surface area contributed by atoms with Crippen molar-refractivity contribution in [2.75, 3.05) is 26.7 Å². The standard InChI is InChI=1S/C15H25N3O3S2.ClH/c1-11(16-3)9-17-15(19)13-5-4-8-18(10-13)23(20,21)14-7-6-12(2)22-14;/h6-7,11,13,16H,4-5,8-10H2,1-3H3,(H,17,19);1H. The highest BCUT2D eigenvalue weighted by Crippen LogP contribution is 2.28. The van der Waals surface area contributed by atoms with Gasteiger partial charge in [-0.3, -0.25) is 4.79 Å². The summed E-state index contributed by atoms with van der Waals surface area (Å²) < 4.78 is 27.2. The van der Waals surface area contributed by atoms with E-state index >= 15 is 0 Å². The van der Waals surface area contributed by atoms with Crippen LogP contribution in [0.4, 0.5) is 0 Å². The molecule has 1 amide bonds. The van der Waals surface area contributed by atoms with E-state index in [9.17, 15) is 13.2 Å². The first-order valence-electron chi connectivity index (χ1n) is 7.86. The van der Waals surface area contributed by atoms with Crippen molar-refractivity contribution in [3.63, 3.8) is 0 Å². The lowest BCUT2D eigenvalue weighted by atomic mass is 9.99. The largest absolute Gasteiger partial charge is 0.354 e. The number of piperidine rings is 1. The third-order valence-electron chi connectivity index (χ3n) is 4.14. The number of carbonyl (C=O) groups is 1. The quantitative estimate of drug-likeness (QED) is 0.766. The van der Waals surface area contributed by atoms with E-state index < -0.39 is 10.0 Å². The maximum absolute atomic E-state index is 12.7. The molecule has 0 saturated carbocycles. The molecular weight excluding hydrogens is 370 g/mol. The van der Waals surface area contributed by atoms with E-state index in [2.05, 4.69) is 10.6 Å². The number of sulfonamides is 1. The lowest BCUT2D eigenvalue weighted by molar-refractivity contribution is -0.126. The predicted molar refractivity (Wildman–Crippen MR) is 99.3 cm³/mol. The van der Waals surface area contributed by atoms with Crippen LogP contribution in [0.25, 0.3) is 0 Å². The molecule has 0 radical (unpaired) electrons. The Morgan fingerprint density at radius 3 is 2.75 bits per heavy atom. The topological polar surface area (TPSA) is 78.5 Å². The fourth-order valence-electron chi connectivity index (χ4n) is 2.55. The van der Waals surface area contributed by atoms with Crippen molar-refractivity contribution in [1.82, 2.24) is 14.9 Å². The van der Waals surface area contributed by atoms with Crippen LogP contribution in [-0.2, 0) is 14.8 Å². The van der Waals surface area contributed by atoms with Crippen LogP contribution in [0.2, 0.25) is 0 Å². The van der Waals surface area contributed by atoms with Crippen LogP contribution in [0.1, 0.15) is 24.6 Å². The van der Waals surface area contributed by atoms with Crippen molar-refractivity contribution in [3.05, 3.63) is 17.0 Å². The van der Waals surface area contributed by atoms with Gasteiger partial charge in [-0.05, 0) is 45.9 Å². The summed E-state index contributed by atoms with van der Waals surface area (Å²) in [5.74, 6) is -0.335. The highest BCUT2D eigenvalue weighted by molar-refractivity contribution is 7.91. The lowest BCUT2D eigenvalue weighted by Crippen LogP contribution is -2.47. The van der Waals surface area contributed by atoms with Gasteiger partial charge in [0.1, 0.15) is 4.21 Å². The number of rotatable bonds is 6. The van der Waals surface area contributed by atoms with E-state index in [-0.39, 0.29) is 36.8 Å². The molecule has 1 saturated heterocycles. The molecule has 2 N–H and O–H groups in total. The fourth-order valence-corrected chi connectivity index (χ4v) is 5.51. The maximum atomic E-state index is 12.7. The average molecular weight is 396 g/mol. The lowest BCUT2D eigenvalue weighted by Gasteiger charge is -2.31. The minimum atomic E-state index is -3.48. The zero-order chi connectivity index (χ0) is 17.0. The van der Waals surface area contributed by atoms with Crippen LogP contribution in [0.5, 0.6) is 0 Å². The molecule has 138 valence electrons. The number of carbonyl (C=O) groups excluding carboxylic acids is 1. The van der Waals surface area contributed by atoms with Crippen molar-refractivity contribution < 1.29 is 13.2 Å². The number of nitrogens with one attached hydrogen (secondary N) is 2. The summed E-state index contributed by atoms with van der Waals surface area (Å²) >= 11 is 1.28. The smallest absolute Gasteiger partial charge is 0.252 e. The Hall–Kier alpha value is -0.670. The van der Waals surface area contributed by atoms with Crippen molar-refractivity contribution in [2.45, 2.75) is 36.9 Å². The fraction of sp³-hybridized carbons (Fsp3) is 0.667. The van der Waals surface area contributed by atoms with Crippen LogP contribution < -0.4 is 10.6 Å². The van der Waals surface area contributed by atoms with Gasteiger partial charge in [-0.1, -0.05) is 0 Å². The average Bonchev–Trinajstić information content (AvgIpc) is 2.99. The summed E-state index contributed by atoms with van der Waals surface area (Å²) in [6.07, 6.45) is 1.44. The summed E-state index contributed by atoms with van der Waals surface area (Å²) in [7, 11) is -1.64. The van der Waals surface area contributed by atoms with Gasteiger partial charge in [0.2, 0.25) is 5.91 Å². The third kappa shape index (κ3) is 5.16. The highest BCUT2D eigenvalue weighted by Gasteiger charge is 2.33. The Morgan fingerprint density at radius 2 is 2.17 bits per heavy atom. The van der Waals surface area contributed by atoms with Crippen LogP contribution in [0, 0.1) is 12.8 Å². The van der Waals surface area contributed by atoms with Gasteiger partial charge < -0.3 is 10.6 Å². The Morgan fingerprint density at radius 1 is 1.46 bits per heavy atom. The van der Waals surface area contributed by atoms with Gasteiger partial charge in [0.15, 0.2) is 0 Å². The molecule has 9 heteroatoms. The summed E-state index contributed by atoms with van der Waals surface area (Å²) in [5, 5.41) is 5.96. The molecule has 0 aromatic carbocycles. The molecule has 0 aliphatic carbocycles. The normalized spacial score (nSPS) is 20.2. The van der Waals surface area contributed by atoms with Crippen LogP contribution in [-0.4, -0.2) is 51.4 Å². The molecule has 1 fully saturated rings. The highest BCUT2D eigenvalue weighted by atomic mass is 35.5. The molecule has 0 spiro atoms. The molecule has 1 aliphatic heterocycles. The van der Waals surface area contributed by atoms with Gasteiger partial charge in [0.05, 0.1) is 5.92 Å². The number of nitrogens with zero attached hydrogens (tertiary/aromatic N) is 1. The second kappa shape index (κ2) is 9.15. The minimum Gasteiger partial charge on any atom is -0.354 e. The molecule has 1 aromatic heterocycles. The van der Waals surface area contributed by atoms with E-state index in [1.165, 1.54) is 15.6 Å². The van der Waals surface area contributed by atoms with Crippen LogP contribution in [0.15, 0.2) is 16.3 Å². The molecule has 1 aromatic rings. The SMILES string of the molecule is CNC(C)CNC(=O)C1CCCN(S(=O)(=O)c2ccc(C)s2)C1.Cl. The summed E-state index contributed by atoms with van der Waals surface area (Å²) in [6.45, 7) is 5.16. The van der Waals surface area contributed by atoms with Gasteiger partial charge in [0.25, 0.3) is 10.0 Å².